The van der Waals surface area contributed by atoms with Crippen LogP contribution in [0.2, 0.25) is 0 Å². The molecule has 5 nitrogen and oxygen atoms in total. The normalized spacial score (nSPS) is 9.25. The topological polar surface area (TPSA) is 94.8 Å². The molecule has 0 fully saturated rings. The van der Waals surface area contributed by atoms with Gasteiger partial charge in [-0.05, 0) is 18.8 Å². The highest BCUT2D eigenvalue weighted by Crippen LogP contribution is 2.00. The Bertz CT molecular complexity index is 233. The van der Waals surface area contributed by atoms with Crippen molar-refractivity contribution in [3.63, 3.8) is 0 Å². The van der Waals surface area contributed by atoms with Gasteiger partial charge in [0.05, 0.1) is 6.42 Å². The molecule has 16 heavy (non-hydrogen) atoms. The number of aliphatic carboxylic acids is 2. The molecule has 0 saturated heterocycles. The maximum atomic E-state index is 9.87. The SMILES string of the molecule is C=C(CC(=O)O)C(=O)O.CC(C)CCCO. The summed E-state index contributed by atoms with van der Waals surface area (Å²) in [6, 6.07) is 0. The monoisotopic (exact) mass is 232 g/mol. The van der Waals surface area contributed by atoms with Gasteiger partial charge < -0.3 is 15.3 Å². The van der Waals surface area contributed by atoms with Crippen molar-refractivity contribution in [3.8, 4) is 0 Å². The number of hydrogen-bond acceptors (Lipinski definition) is 3. The summed E-state index contributed by atoms with van der Waals surface area (Å²) >= 11 is 0. The molecule has 0 aromatic rings. The smallest absolute Gasteiger partial charge is 0.331 e. The molecule has 0 rings (SSSR count). The lowest BCUT2D eigenvalue weighted by atomic mass is 10.1. The Morgan fingerprint density at radius 3 is 1.88 bits per heavy atom. The summed E-state index contributed by atoms with van der Waals surface area (Å²) < 4.78 is 0. The highest BCUT2D eigenvalue weighted by atomic mass is 16.4. The van der Waals surface area contributed by atoms with E-state index in [4.69, 9.17) is 15.3 Å². The van der Waals surface area contributed by atoms with E-state index in [0.717, 1.165) is 18.8 Å². The van der Waals surface area contributed by atoms with Crippen LogP contribution in [0.5, 0.6) is 0 Å². The summed E-state index contributed by atoms with van der Waals surface area (Å²) in [6.07, 6.45) is 1.60. The second-order valence-electron chi connectivity index (χ2n) is 3.74. The van der Waals surface area contributed by atoms with E-state index >= 15 is 0 Å². The first-order valence-electron chi connectivity index (χ1n) is 5.05. The van der Waals surface area contributed by atoms with Crippen LogP contribution in [0.4, 0.5) is 0 Å². The van der Waals surface area contributed by atoms with Gasteiger partial charge in [-0.2, -0.15) is 0 Å². The molecule has 0 aliphatic carbocycles. The van der Waals surface area contributed by atoms with E-state index in [1.54, 1.807) is 0 Å². The fourth-order valence-electron chi connectivity index (χ4n) is 0.758. The molecule has 3 N–H and O–H groups in total. The van der Waals surface area contributed by atoms with E-state index in [-0.39, 0.29) is 5.57 Å². The first kappa shape index (κ1) is 17.0. The fourth-order valence-corrected chi connectivity index (χ4v) is 0.758. The average Bonchev–Trinajstić information content (AvgIpc) is 2.14. The van der Waals surface area contributed by atoms with E-state index in [9.17, 15) is 9.59 Å². The molecule has 0 saturated carbocycles. The third kappa shape index (κ3) is 15.1. The third-order valence-electron chi connectivity index (χ3n) is 1.61. The predicted molar refractivity (Wildman–Crippen MR) is 60.2 cm³/mol. The zero-order valence-corrected chi connectivity index (χ0v) is 9.77. The molecule has 94 valence electrons. The molecular formula is C11H20O5. The van der Waals surface area contributed by atoms with Crippen LogP contribution in [0.3, 0.4) is 0 Å². The standard InChI is InChI=1S/C6H14O.C5H6O4/c1-6(2)4-3-5-7;1-3(5(8)9)2-4(6)7/h6-7H,3-5H2,1-2H3;1-2H2,(H,6,7)(H,8,9). The Labute approximate surface area is 95.4 Å². The Morgan fingerprint density at radius 2 is 1.75 bits per heavy atom. The number of rotatable bonds is 6. The van der Waals surface area contributed by atoms with Gasteiger partial charge in [0, 0.05) is 12.2 Å². The second kappa shape index (κ2) is 10.2. The average molecular weight is 232 g/mol. The van der Waals surface area contributed by atoms with Gasteiger partial charge in [-0.15, -0.1) is 0 Å². The Balaban J connectivity index is 0. The van der Waals surface area contributed by atoms with Gasteiger partial charge >= 0.3 is 11.9 Å². The van der Waals surface area contributed by atoms with E-state index in [1.165, 1.54) is 0 Å². The zero-order valence-electron chi connectivity index (χ0n) is 9.77. The van der Waals surface area contributed by atoms with Crippen LogP contribution in [0, 0.1) is 5.92 Å². The second-order valence-corrected chi connectivity index (χ2v) is 3.74. The Morgan fingerprint density at radius 1 is 1.25 bits per heavy atom. The van der Waals surface area contributed by atoms with Gasteiger partial charge in [-0.1, -0.05) is 20.4 Å². The van der Waals surface area contributed by atoms with Gasteiger partial charge in [0.25, 0.3) is 0 Å². The largest absolute Gasteiger partial charge is 0.481 e. The lowest BCUT2D eigenvalue weighted by Crippen LogP contribution is -2.04. The van der Waals surface area contributed by atoms with Crippen molar-refractivity contribution < 1.29 is 24.9 Å². The van der Waals surface area contributed by atoms with E-state index in [0.29, 0.717) is 6.61 Å². The lowest BCUT2D eigenvalue weighted by Gasteiger charge is -1.98. The van der Waals surface area contributed by atoms with Crippen molar-refractivity contribution >= 4 is 11.9 Å². The number of carboxylic acids is 2. The minimum absolute atomic E-state index is 0.303. The molecule has 0 unspecified atom stereocenters. The van der Waals surface area contributed by atoms with Crippen molar-refractivity contribution in [2.45, 2.75) is 33.1 Å². The maximum Gasteiger partial charge on any atom is 0.331 e. The molecular weight excluding hydrogens is 212 g/mol. The number of hydrogen-bond donors (Lipinski definition) is 3. The van der Waals surface area contributed by atoms with Crippen molar-refractivity contribution in [3.05, 3.63) is 12.2 Å². The summed E-state index contributed by atoms with van der Waals surface area (Å²) in [7, 11) is 0. The number of carbonyl (C=O) groups is 2. The number of carboxylic acid groups (broad SMARTS) is 2. The first-order chi connectivity index (χ1) is 7.31. The van der Waals surface area contributed by atoms with Gasteiger partial charge in [-0.25, -0.2) is 4.79 Å². The Hall–Kier alpha value is -1.36. The minimum atomic E-state index is -1.27. The van der Waals surface area contributed by atoms with Crippen molar-refractivity contribution in [1.29, 1.82) is 0 Å². The van der Waals surface area contributed by atoms with Gasteiger partial charge in [0.1, 0.15) is 0 Å². The molecule has 0 bridgehead atoms. The van der Waals surface area contributed by atoms with E-state index in [2.05, 4.69) is 20.4 Å². The van der Waals surface area contributed by atoms with Crippen LogP contribution in [0.15, 0.2) is 12.2 Å². The van der Waals surface area contributed by atoms with E-state index in [1.807, 2.05) is 0 Å². The van der Waals surface area contributed by atoms with Crippen LogP contribution in [-0.4, -0.2) is 33.9 Å². The van der Waals surface area contributed by atoms with Gasteiger partial charge in [0.2, 0.25) is 0 Å². The van der Waals surface area contributed by atoms with Crippen LogP contribution in [-0.2, 0) is 9.59 Å². The molecule has 5 heteroatoms. The molecule has 0 aliphatic heterocycles. The summed E-state index contributed by atoms with van der Waals surface area (Å²) in [5.41, 5.74) is -0.303. The number of aliphatic hydroxyl groups excluding tert-OH is 1. The van der Waals surface area contributed by atoms with E-state index < -0.39 is 18.4 Å². The van der Waals surface area contributed by atoms with Gasteiger partial charge in [0.15, 0.2) is 0 Å². The molecule has 0 aromatic carbocycles. The van der Waals surface area contributed by atoms with Crippen LogP contribution < -0.4 is 0 Å². The maximum absolute atomic E-state index is 9.87. The predicted octanol–water partition coefficient (Wildman–Crippen LogP) is 1.52. The summed E-state index contributed by atoms with van der Waals surface area (Å²) in [4.78, 5) is 19.7. The highest BCUT2D eigenvalue weighted by Gasteiger charge is 2.07. The fraction of sp³-hybridized carbons (Fsp3) is 0.636. The quantitative estimate of drug-likeness (QED) is 0.603. The van der Waals surface area contributed by atoms with Gasteiger partial charge in [-0.3, -0.25) is 4.79 Å². The minimum Gasteiger partial charge on any atom is -0.481 e. The van der Waals surface area contributed by atoms with Crippen molar-refractivity contribution in [1.82, 2.24) is 0 Å². The summed E-state index contributed by atoms with van der Waals surface area (Å²) in [6.45, 7) is 7.68. The lowest BCUT2D eigenvalue weighted by molar-refractivity contribution is -0.139. The van der Waals surface area contributed by atoms with Crippen molar-refractivity contribution in [2.75, 3.05) is 6.61 Å². The van der Waals surface area contributed by atoms with Crippen LogP contribution >= 0.6 is 0 Å². The van der Waals surface area contributed by atoms with Crippen LogP contribution in [0.1, 0.15) is 33.1 Å². The molecule has 0 amide bonds. The molecule has 0 spiro atoms. The molecule has 0 atom stereocenters. The first-order valence-corrected chi connectivity index (χ1v) is 5.05. The molecule has 0 heterocycles. The summed E-state index contributed by atoms with van der Waals surface area (Å²) in [5, 5.41) is 24.4. The number of aliphatic hydroxyl groups is 1. The summed E-state index contributed by atoms with van der Waals surface area (Å²) in [5.74, 6) is -1.70. The molecule has 0 radical (unpaired) electrons. The zero-order chi connectivity index (χ0) is 13.1. The third-order valence-corrected chi connectivity index (χ3v) is 1.61. The Kier molecular flexibility index (Phi) is 10.8. The highest BCUT2D eigenvalue weighted by molar-refractivity contribution is 5.91. The van der Waals surface area contributed by atoms with Crippen LogP contribution in [0.25, 0.3) is 0 Å². The van der Waals surface area contributed by atoms with Crippen molar-refractivity contribution in [2.24, 2.45) is 5.92 Å². The molecule has 0 aromatic heterocycles. The molecule has 0 aliphatic rings.